The number of nitrogens with zero attached hydrogens (tertiary/aromatic N) is 1. The third-order valence-electron chi connectivity index (χ3n) is 4.69. The van der Waals surface area contributed by atoms with Gasteiger partial charge in [-0.1, -0.05) is 6.07 Å². The maximum atomic E-state index is 12.0. The van der Waals surface area contributed by atoms with Crippen molar-refractivity contribution < 1.29 is 18.7 Å². The summed E-state index contributed by atoms with van der Waals surface area (Å²) in [4.78, 5) is 16.2. The van der Waals surface area contributed by atoms with E-state index in [0.717, 1.165) is 48.8 Å². The fourth-order valence-electron chi connectivity index (χ4n) is 3.05. The lowest BCUT2D eigenvalue weighted by Gasteiger charge is -2.13. The number of benzene rings is 1. The molecule has 2 aromatic rings. The number of hydrogen-bond acceptors (Lipinski definition) is 5. The van der Waals surface area contributed by atoms with E-state index >= 15 is 0 Å². The summed E-state index contributed by atoms with van der Waals surface area (Å²) in [6, 6.07) is 7.82. The summed E-state index contributed by atoms with van der Waals surface area (Å²) < 4.78 is 16.1. The molecule has 2 rings (SSSR count). The predicted octanol–water partition coefficient (Wildman–Crippen LogP) is 3.53. The number of aryl methyl sites for hydroxylation is 2. The highest BCUT2D eigenvalue weighted by molar-refractivity contribution is 14.0. The maximum absolute atomic E-state index is 12.0. The minimum absolute atomic E-state index is 0. The van der Waals surface area contributed by atoms with Crippen molar-refractivity contribution in [3.63, 3.8) is 0 Å². The molecular weight excluding hydrogens is 523 g/mol. The SMILES string of the molecule is CCOc1cc(CCCNC(=NC)NCCCNC(=O)c2occc2C)ccc1OC.I. The molecule has 32 heavy (non-hydrogen) atoms. The standard InChI is InChI=1S/C23H34N4O4.HI/c1-5-30-20-16-18(9-10-19(20)29-4)8-6-12-26-23(24-3)27-14-7-13-25-22(28)21-17(2)11-15-31-21;/h9-11,15-16H,5-8,12-14H2,1-4H3,(H,25,28)(H2,24,26,27);1H. The number of rotatable bonds is 12. The van der Waals surface area contributed by atoms with E-state index in [-0.39, 0.29) is 29.9 Å². The van der Waals surface area contributed by atoms with Gasteiger partial charge in [0, 0.05) is 32.2 Å². The molecule has 1 amide bonds. The van der Waals surface area contributed by atoms with Gasteiger partial charge in [-0.05, 0) is 56.9 Å². The Morgan fingerprint density at radius 3 is 2.41 bits per heavy atom. The fourth-order valence-corrected chi connectivity index (χ4v) is 3.05. The van der Waals surface area contributed by atoms with Gasteiger partial charge in [0.1, 0.15) is 0 Å². The van der Waals surface area contributed by atoms with Crippen LogP contribution in [0.2, 0.25) is 0 Å². The van der Waals surface area contributed by atoms with Gasteiger partial charge in [-0.2, -0.15) is 0 Å². The number of carbonyl (C=O) groups is 1. The number of carbonyl (C=O) groups excluding carboxylic acids is 1. The molecule has 0 saturated heterocycles. The van der Waals surface area contributed by atoms with E-state index in [0.29, 0.717) is 25.5 Å². The van der Waals surface area contributed by atoms with Crippen LogP contribution in [0.4, 0.5) is 0 Å². The van der Waals surface area contributed by atoms with Gasteiger partial charge in [0.2, 0.25) is 0 Å². The Kier molecular flexibility index (Phi) is 13.3. The largest absolute Gasteiger partial charge is 0.493 e. The molecule has 0 atom stereocenters. The molecule has 0 fully saturated rings. The maximum Gasteiger partial charge on any atom is 0.287 e. The molecule has 9 heteroatoms. The minimum atomic E-state index is -0.184. The molecule has 1 aromatic carbocycles. The van der Waals surface area contributed by atoms with Gasteiger partial charge < -0.3 is 29.8 Å². The average Bonchev–Trinajstić information content (AvgIpc) is 3.21. The van der Waals surface area contributed by atoms with Crippen LogP contribution in [0, 0.1) is 6.92 Å². The molecule has 3 N–H and O–H groups in total. The van der Waals surface area contributed by atoms with Crippen LogP contribution in [-0.4, -0.2) is 52.3 Å². The Morgan fingerprint density at radius 1 is 1.06 bits per heavy atom. The Bertz CT molecular complexity index is 854. The monoisotopic (exact) mass is 558 g/mol. The third kappa shape index (κ3) is 8.97. The summed E-state index contributed by atoms with van der Waals surface area (Å²) in [7, 11) is 3.39. The quantitative estimate of drug-likeness (QED) is 0.160. The third-order valence-corrected chi connectivity index (χ3v) is 4.69. The van der Waals surface area contributed by atoms with Crippen LogP contribution in [-0.2, 0) is 6.42 Å². The topological polar surface area (TPSA) is 97.1 Å². The number of methoxy groups -OCH3 is 1. The van der Waals surface area contributed by atoms with E-state index in [2.05, 4.69) is 27.0 Å². The number of ether oxygens (including phenoxy) is 2. The molecule has 0 aliphatic carbocycles. The highest BCUT2D eigenvalue weighted by atomic mass is 127. The van der Waals surface area contributed by atoms with Crippen molar-refractivity contribution in [1.82, 2.24) is 16.0 Å². The van der Waals surface area contributed by atoms with Crippen molar-refractivity contribution in [3.05, 3.63) is 47.4 Å². The second-order valence-corrected chi connectivity index (χ2v) is 6.99. The summed E-state index contributed by atoms with van der Waals surface area (Å²) in [5, 5.41) is 9.43. The smallest absolute Gasteiger partial charge is 0.287 e. The highest BCUT2D eigenvalue weighted by Crippen LogP contribution is 2.28. The second kappa shape index (κ2) is 15.4. The second-order valence-electron chi connectivity index (χ2n) is 6.99. The van der Waals surface area contributed by atoms with E-state index < -0.39 is 0 Å². The van der Waals surface area contributed by atoms with Crippen LogP contribution >= 0.6 is 24.0 Å². The lowest BCUT2D eigenvalue weighted by Crippen LogP contribution is -2.39. The first-order valence-corrected chi connectivity index (χ1v) is 10.7. The fraction of sp³-hybridized carbons (Fsp3) is 0.478. The summed E-state index contributed by atoms with van der Waals surface area (Å²) in [5.74, 6) is 2.47. The molecule has 1 aromatic heterocycles. The van der Waals surface area contributed by atoms with Gasteiger partial charge in [-0.3, -0.25) is 9.79 Å². The molecule has 0 spiro atoms. The van der Waals surface area contributed by atoms with E-state index in [1.807, 2.05) is 26.0 Å². The van der Waals surface area contributed by atoms with Crippen molar-refractivity contribution >= 4 is 35.8 Å². The normalized spacial score (nSPS) is 10.8. The molecule has 0 unspecified atom stereocenters. The van der Waals surface area contributed by atoms with E-state index in [1.54, 1.807) is 20.2 Å². The summed E-state index contributed by atoms with van der Waals surface area (Å²) in [6.07, 6.45) is 4.18. The molecule has 8 nitrogen and oxygen atoms in total. The van der Waals surface area contributed by atoms with Crippen LogP contribution in [0.1, 0.15) is 41.4 Å². The molecule has 1 heterocycles. The number of aliphatic imine (C=N–C) groups is 1. The van der Waals surface area contributed by atoms with Gasteiger partial charge in [0.25, 0.3) is 5.91 Å². The van der Waals surface area contributed by atoms with Crippen molar-refractivity contribution in [2.45, 2.75) is 33.1 Å². The zero-order valence-electron chi connectivity index (χ0n) is 19.3. The summed E-state index contributed by atoms with van der Waals surface area (Å²) >= 11 is 0. The van der Waals surface area contributed by atoms with E-state index in [9.17, 15) is 4.79 Å². The Hall–Kier alpha value is -2.43. The first kappa shape index (κ1) is 27.6. The molecular formula is C23H35IN4O4. The zero-order valence-corrected chi connectivity index (χ0v) is 21.7. The first-order valence-electron chi connectivity index (χ1n) is 10.7. The number of hydrogen-bond donors (Lipinski definition) is 3. The minimum Gasteiger partial charge on any atom is -0.493 e. The van der Waals surface area contributed by atoms with Crippen LogP contribution in [0.25, 0.3) is 0 Å². The van der Waals surface area contributed by atoms with Gasteiger partial charge in [0.05, 0.1) is 20.0 Å². The van der Waals surface area contributed by atoms with Crippen LogP contribution in [0.5, 0.6) is 11.5 Å². The summed E-state index contributed by atoms with van der Waals surface area (Å²) in [6.45, 7) is 6.47. The van der Waals surface area contributed by atoms with E-state index in [4.69, 9.17) is 13.9 Å². The average molecular weight is 558 g/mol. The van der Waals surface area contributed by atoms with Crippen molar-refractivity contribution in [2.24, 2.45) is 4.99 Å². The number of halogens is 1. The lowest BCUT2D eigenvalue weighted by molar-refractivity contribution is 0.0925. The molecule has 0 aliphatic rings. The lowest BCUT2D eigenvalue weighted by atomic mass is 10.1. The number of furan rings is 1. The number of amides is 1. The molecule has 0 saturated carbocycles. The van der Waals surface area contributed by atoms with Gasteiger partial charge in [-0.15, -0.1) is 24.0 Å². The molecule has 0 radical (unpaired) electrons. The zero-order chi connectivity index (χ0) is 22.5. The van der Waals surface area contributed by atoms with Crippen molar-refractivity contribution in [2.75, 3.05) is 40.4 Å². The Morgan fingerprint density at radius 2 is 1.78 bits per heavy atom. The Labute approximate surface area is 207 Å². The summed E-state index contributed by atoms with van der Waals surface area (Å²) in [5.41, 5.74) is 2.04. The highest BCUT2D eigenvalue weighted by Gasteiger charge is 2.11. The van der Waals surface area contributed by atoms with Gasteiger partial charge in [0.15, 0.2) is 23.2 Å². The number of nitrogens with one attached hydrogen (secondary N) is 3. The van der Waals surface area contributed by atoms with E-state index in [1.165, 1.54) is 11.8 Å². The van der Waals surface area contributed by atoms with Gasteiger partial charge >= 0.3 is 0 Å². The van der Waals surface area contributed by atoms with Gasteiger partial charge in [-0.25, -0.2) is 0 Å². The van der Waals surface area contributed by atoms with Crippen molar-refractivity contribution in [1.29, 1.82) is 0 Å². The molecule has 0 aliphatic heterocycles. The van der Waals surface area contributed by atoms with Crippen molar-refractivity contribution in [3.8, 4) is 11.5 Å². The van der Waals surface area contributed by atoms with Crippen LogP contribution in [0.3, 0.4) is 0 Å². The number of guanidine groups is 1. The Balaban J connectivity index is 0.00000512. The predicted molar refractivity (Wildman–Crippen MR) is 138 cm³/mol. The van der Waals surface area contributed by atoms with Crippen LogP contribution in [0.15, 0.2) is 39.9 Å². The molecule has 0 bridgehead atoms. The molecule has 178 valence electrons. The van der Waals surface area contributed by atoms with Crippen LogP contribution < -0.4 is 25.4 Å². The first-order chi connectivity index (χ1) is 15.1.